The molecule has 0 aromatic carbocycles. The molecule has 2 N–H and O–H groups in total. The van der Waals surface area contributed by atoms with Gasteiger partial charge in [-0.05, 0) is 11.8 Å². The summed E-state index contributed by atoms with van der Waals surface area (Å²) in [7, 11) is 5.64. The zero-order valence-electron chi connectivity index (χ0n) is 6.03. The van der Waals surface area contributed by atoms with Gasteiger partial charge in [0.05, 0.1) is 7.85 Å². The third-order valence-corrected chi connectivity index (χ3v) is 2.35. The lowest BCUT2D eigenvalue weighted by molar-refractivity contribution is 0.141. The first kappa shape index (κ1) is 8.09. The van der Waals surface area contributed by atoms with Crippen LogP contribution in [0.15, 0.2) is 0 Å². The zero-order valence-corrected chi connectivity index (χ0v) is 6.03. The lowest BCUT2D eigenvalue weighted by Gasteiger charge is -2.12. The highest BCUT2D eigenvalue weighted by Gasteiger charge is 2.30. The van der Waals surface area contributed by atoms with Gasteiger partial charge in [0.15, 0.2) is 0 Å². The summed E-state index contributed by atoms with van der Waals surface area (Å²) in [6.45, 7) is 0.331. The summed E-state index contributed by atoms with van der Waals surface area (Å²) in [5, 5.41) is 17.6. The minimum absolute atomic E-state index is 0.166. The Hall–Kier alpha value is -0.0151. The molecule has 0 amide bonds. The largest absolute Gasteiger partial charge is 0.396 e. The van der Waals surface area contributed by atoms with Gasteiger partial charge in [-0.1, -0.05) is 18.7 Å². The van der Waals surface area contributed by atoms with Crippen molar-refractivity contribution in [1.82, 2.24) is 0 Å². The van der Waals surface area contributed by atoms with Crippen LogP contribution in [-0.4, -0.2) is 31.3 Å². The predicted octanol–water partition coefficient (Wildman–Crippen LogP) is -0.0458. The van der Waals surface area contributed by atoms with Crippen LogP contribution in [0, 0.1) is 11.8 Å². The van der Waals surface area contributed by atoms with Crippen LogP contribution in [0.3, 0.4) is 0 Å². The van der Waals surface area contributed by atoms with Crippen LogP contribution in [0.4, 0.5) is 0 Å². The molecule has 0 spiro atoms. The van der Waals surface area contributed by atoms with E-state index in [9.17, 15) is 0 Å². The summed E-state index contributed by atoms with van der Waals surface area (Å²) in [4.78, 5) is 0. The average Bonchev–Trinajstić information content (AvgIpc) is 2.30. The van der Waals surface area contributed by atoms with Gasteiger partial charge in [-0.15, -0.1) is 0 Å². The van der Waals surface area contributed by atoms with Gasteiger partial charge in [0.25, 0.3) is 0 Å². The van der Waals surface area contributed by atoms with Crippen molar-refractivity contribution in [2.45, 2.75) is 18.7 Å². The summed E-state index contributed by atoms with van der Waals surface area (Å²) < 4.78 is 0. The quantitative estimate of drug-likeness (QED) is 0.528. The molecule has 0 aromatic rings. The third kappa shape index (κ3) is 1.52. The Balaban J connectivity index is 2.41. The van der Waals surface area contributed by atoms with E-state index in [2.05, 4.69) is 0 Å². The van der Waals surface area contributed by atoms with Crippen molar-refractivity contribution in [2.75, 3.05) is 13.2 Å². The zero-order chi connectivity index (χ0) is 7.56. The lowest BCUT2D eigenvalue weighted by atomic mass is 9.85. The first-order valence-corrected chi connectivity index (χ1v) is 3.75. The van der Waals surface area contributed by atoms with Crippen molar-refractivity contribution < 1.29 is 10.2 Å². The number of rotatable bonds is 2. The van der Waals surface area contributed by atoms with Crippen molar-refractivity contribution in [1.29, 1.82) is 0 Å². The van der Waals surface area contributed by atoms with Crippen molar-refractivity contribution in [3.63, 3.8) is 0 Å². The van der Waals surface area contributed by atoms with Crippen LogP contribution >= 0.6 is 0 Å². The van der Waals surface area contributed by atoms with E-state index < -0.39 is 0 Å². The van der Waals surface area contributed by atoms with Gasteiger partial charge in [0.2, 0.25) is 0 Å². The van der Waals surface area contributed by atoms with E-state index in [4.69, 9.17) is 18.1 Å². The molecule has 0 saturated heterocycles. The van der Waals surface area contributed by atoms with Crippen molar-refractivity contribution >= 4 is 7.85 Å². The Morgan fingerprint density at radius 2 is 1.50 bits per heavy atom. The van der Waals surface area contributed by atoms with Crippen LogP contribution in [0.25, 0.3) is 0 Å². The highest BCUT2D eigenvalue weighted by Crippen LogP contribution is 2.37. The van der Waals surface area contributed by atoms with Gasteiger partial charge in [-0.3, -0.25) is 0 Å². The van der Waals surface area contributed by atoms with E-state index in [-0.39, 0.29) is 30.9 Å². The molecule has 1 saturated carbocycles. The van der Waals surface area contributed by atoms with Gasteiger partial charge in [-0.25, -0.2) is 0 Å². The molecule has 1 fully saturated rings. The Morgan fingerprint density at radius 3 is 1.80 bits per heavy atom. The molecule has 10 heavy (non-hydrogen) atoms. The fraction of sp³-hybridized carbons (Fsp3) is 1.00. The molecule has 0 bridgehead atoms. The monoisotopic (exact) mass is 140 g/mol. The topological polar surface area (TPSA) is 40.5 Å². The van der Waals surface area contributed by atoms with Crippen LogP contribution in [0.2, 0.25) is 5.82 Å². The molecular weight excluding hydrogens is 127 g/mol. The average molecular weight is 140 g/mol. The standard InChI is InChI=1S/C7H13BO2/c8-7-1-5(3-9)6(2-7)4-10/h5-7,9-10H,1-4H2. The highest BCUT2D eigenvalue weighted by atomic mass is 16.3. The fourth-order valence-corrected chi connectivity index (χ4v) is 1.71. The normalized spacial score (nSPS) is 40.4. The van der Waals surface area contributed by atoms with Crippen molar-refractivity contribution in [2.24, 2.45) is 11.8 Å². The minimum Gasteiger partial charge on any atom is -0.396 e. The van der Waals surface area contributed by atoms with E-state index in [1.54, 1.807) is 0 Å². The third-order valence-electron chi connectivity index (χ3n) is 2.35. The van der Waals surface area contributed by atoms with Crippen molar-refractivity contribution in [3.8, 4) is 0 Å². The maximum absolute atomic E-state index is 8.82. The smallest absolute Gasteiger partial charge is 0.0699 e. The molecule has 2 nitrogen and oxygen atoms in total. The van der Waals surface area contributed by atoms with Crippen LogP contribution < -0.4 is 0 Å². The van der Waals surface area contributed by atoms with Gasteiger partial charge in [0, 0.05) is 13.2 Å². The van der Waals surface area contributed by atoms with Crippen molar-refractivity contribution in [3.05, 3.63) is 0 Å². The molecule has 0 heterocycles. The fourth-order valence-electron chi connectivity index (χ4n) is 1.71. The Morgan fingerprint density at radius 1 is 1.10 bits per heavy atom. The van der Waals surface area contributed by atoms with Gasteiger partial charge < -0.3 is 10.2 Å². The number of hydrogen-bond donors (Lipinski definition) is 2. The lowest BCUT2D eigenvalue weighted by Crippen LogP contribution is -2.15. The maximum atomic E-state index is 8.82. The number of aliphatic hydroxyl groups is 2. The molecule has 3 heteroatoms. The Bertz CT molecular complexity index is 95.8. The molecule has 2 unspecified atom stereocenters. The summed E-state index contributed by atoms with van der Waals surface area (Å²) in [6, 6.07) is 0. The second kappa shape index (κ2) is 3.40. The summed E-state index contributed by atoms with van der Waals surface area (Å²) in [5.74, 6) is 0.661. The van der Waals surface area contributed by atoms with E-state index in [1.807, 2.05) is 0 Å². The Labute approximate surface area is 62.7 Å². The van der Waals surface area contributed by atoms with E-state index >= 15 is 0 Å². The molecule has 1 aliphatic rings. The summed E-state index contributed by atoms with van der Waals surface area (Å²) >= 11 is 0. The summed E-state index contributed by atoms with van der Waals surface area (Å²) in [5.41, 5.74) is 0. The second-order valence-electron chi connectivity index (χ2n) is 3.12. The molecule has 0 aromatic heterocycles. The highest BCUT2D eigenvalue weighted by molar-refractivity contribution is 6.11. The second-order valence-corrected chi connectivity index (χ2v) is 3.12. The number of aliphatic hydroxyl groups excluding tert-OH is 2. The van der Waals surface area contributed by atoms with Crippen LogP contribution in [0.1, 0.15) is 12.8 Å². The molecule has 2 atom stereocenters. The molecular formula is C7H13BO2. The molecule has 2 radical (unpaired) electrons. The van der Waals surface area contributed by atoms with Gasteiger partial charge in [0.1, 0.15) is 0 Å². The van der Waals surface area contributed by atoms with Crippen LogP contribution in [0.5, 0.6) is 0 Å². The Kier molecular flexibility index (Phi) is 2.75. The first-order chi connectivity index (χ1) is 4.77. The predicted molar refractivity (Wildman–Crippen MR) is 39.9 cm³/mol. The first-order valence-electron chi connectivity index (χ1n) is 3.75. The van der Waals surface area contributed by atoms with Gasteiger partial charge >= 0.3 is 0 Å². The van der Waals surface area contributed by atoms with E-state index in [0.717, 1.165) is 12.8 Å². The molecule has 56 valence electrons. The maximum Gasteiger partial charge on any atom is 0.0699 e. The van der Waals surface area contributed by atoms with E-state index in [0.29, 0.717) is 0 Å². The SMILES string of the molecule is [B]C1CC(CO)C(CO)C1. The number of hydrogen-bond acceptors (Lipinski definition) is 2. The summed E-state index contributed by atoms with van der Waals surface area (Å²) in [6.07, 6.45) is 1.73. The molecule has 1 aliphatic carbocycles. The van der Waals surface area contributed by atoms with E-state index in [1.165, 1.54) is 0 Å². The molecule has 0 aliphatic heterocycles. The molecule has 1 rings (SSSR count). The van der Waals surface area contributed by atoms with Crippen LogP contribution in [-0.2, 0) is 0 Å². The van der Waals surface area contributed by atoms with Gasteiger partial charge in [-0.2, -0.15) is 0 Å². The minimum atomic E-state index is 0.166.